The van der Waals surface area contributed by atoms with Crippen LogP contribution in [-0.2, 0) is 6.54 Å². The molecule has 0 bridgehead atoms. The van der Waals surface area contributed by atoms with Gasteiger partial charge in [0.1, 0.15) is 5.01 Å². The summed E-state index contributed by atoms with van der Waals surface area (Å²) in [4.78, 5) is 7.30. The molecule has 21 heavy (non-hydrogen) atoms. The van der Waals surface area contributed by atoms with Crippen LogP contribution in [0, 0.1) is 5.92 Å². The number of rotatable bonds is 4. The van der Waals surface area contributed by atoms with Crippen LogP contribution in [0.25, 0.3) is 0 Å². The summed E-state index contributed by atoms with van der Waals surface area (Å²) in [5.74, 6) is 0.768. The lowest BCUT2D eigenvalue weighted by atomic mass is 9.78. The Morgan fingerprint density at radius 2 is 2.19 bits per heavy atom. The quantitative estimate of drug-likeness (QED) is 0.920. The van der Waals surface area contributed by atoms with E-state index in [1.54, 1.807) is 11.3 Å². The van der Waals surface area contributed by atoms with E-state index in [0.717, 1.165) is 12.5 Å². The number of thiazole rings is 1. The van der Waals surface area contributed by atoms with E-state index >= 15 is 0 Å². The Bertz CT molecular complexity index is 423. The fourth-order valence-corrected chi connectivity index (χ4v) is 4.76. The molecule has 1 N–H and O–H groups in total. The lowest BCUT2D eigenvalue weighted by Gasteiger charge is -2.52. The number of piperazine rings is 1. The van der Waals surface area contributed by atoms with Gasteiger partial charge in [0, 0.05) is 36.2 Å². The molecule has 118 valence electrons. The van der Waals surface area contributed by atoms with E-state index in [-0.39, 0.29) is 0 Å². The summed E-state index contributed by atoms with van der Waals surface area (Å²) in [6.07, 6.45) is 10.2. The first kappa shape index (κ1) is 15.4. The molecular weight excluding hydrogens is 278 g/mol. The van der Waals surface area contributed by atoms with Crippen LogP contribution in [0.2, 0.25) is 0 Å². The van der Waals surface area contributed by atoms with E-state index < -0.39 is 0 Å². The van der Waals surface area contributed by atoms with E-state index in [2.05, 4.69) is 34.4 Å². The Balaban J connectivity index is 1.73. The van der Waals surface area contributed by atoms with Crippen LogP contribution in [-0.4, -0.2) is 34.6 Å². The van der Waals surface area contributed by atoms with Crippen molar-refractivity contribution in [2.45, 2.75) is 70.5 Å². The topological polar surface area (TPSA) is 28.2 Å². The van der Waals surface area contributed by atoms with Crippen LogP contribution in [0.3, 0.4) is 0 Å². The Labute approximate surface area is 133 Å². The van der Waals surface area contributed by atoms with Gasteiger partial charge in [-0.1, -0.05) is 33.1 Å². The van der Waals surface area contributed by atoms with E-state index in [9.17, 15) is 0 Å². The fourth-order valence-electron chi connectivity index (χ4n) is 4.13. The van der Waals surface area contributed by atoms with Gasteiger partial charge in [0.25, 0.3) is 0 Å². The first-order valence-electron chi connectivity index (χ1n) is 8.55. The standard InChI is InChI=1S/C17H29N3S/c1-14(2)10-15-11-20(12-16-18-8-9-21-16)17(13-19-15)6-4-3-5-7-17/h8-9,14-15,19H,3-7,10-13H2,1-2H3. The van der Waals surface area contributed by atoms with Crippen molar-refractivity contribution >= 4 is 11.3 Å². The first-order chi connectivity index (χ1) is 10.2. The third-order valence-corrected chi connectivity index (χ3v) is 5.95. The third-order valence-electron chi connectivity index (χ3n) is 5.18. The molecule has 1 saturated carbocycles. The van der Waals surface area contributed by atoms with Crippen LogP contribution < -0.4 is 5.32 Å². The Kier molecular flexibility index (Phi) is 4.97. The second-order valence-corrected chi connectivity index (χ2v) is 8.28. The molecule has 0 amide bonds. The number of hydrogen-bond donors (Lipinski definition) is 1. The summed E-state index contributed by atoms with van der Waals surface area (Å²) in [7, 11) is 0. The highest BCUT2D eigenvalue weighted by Crippen LogP contribution is 2.37. The van der Waals surface area contributed by atoms with E-state index in [4.69, 9.17) is 0 Å². The van der Waals surface area contributed by atoms with Gasteiger partial charge in [-0.05, 0) is 25.2 Å². The highest BCUT2D eigenvalue weighted by atomic mass is 32.1. The molecule has 0 radical (unpaired) electrons. The summed E-state index contributed by atoms with van der Waals surface area (Å²) in [5.41, 5.74) is 0.400. The van der Waals surface area contributed by atoms with Gasteiger partial charge in [-0.2, -0.15) is 0 Å². The maximum atomic E-state index is 4.53. The second kappa shape index (κ2) is 6.76. The molecule has 2 heterocycles. The smallest absolute Gasteiger partial charge is 0.107 e. The third kappa shape index (κ3) is 3.66. The van der Waals surface area contributed by atoms with Gasteiger partial charge in [-0.25, -0.2) is 4.98 Å². The molecular formula is C17H29N3S. The zero-order valence-corrected chi connectivity index (χ0v) is 14.3. The molecule has 1 aliphatic heterocycles. The average molecular weight is 308 g/mol. The van der Waals surface area contributed by atoms with E-state index in [0.29, 0.717) is 11.6 Å². The highest BCUT2D eigenvalue weighted by Gasteiger charge is 2.42. The molecule has 3 rings (SSSR count). The van der Waals surface area contributed by atoms with Crippen molar-refractivity contribution in [1.29, 1.82) is 0 Å². The minimum atomic E-state index is 0.400. The first-order valence-corrected chi connectivity index (χ1v) is 9.43. The van der Waals surface area contributed by atoms with Gasteiger partial charge >= 0.3 is 0 Å². The van der Waals surface area contributed by atoms with Crippen molar-refractivity contribution in [1.82, 2.24) is 15.2 Å². The molecule has 1 aliphatic carbocycles. The second-order valence-electron chi connectivity index (χ2n) is 7.30. The summed E-state index contributed by atoms with van der Waals surface area (Å²) in [6.45, 7) is 8.08. The van der Waals surface area contributed by atoms with Gasteiger partial charge < -0.3 is 5.32 Å². The van der Waals surface area contributed by atoms with Gasteiger partial charge in [-0.3, -0.25) is 4.90 Å². The predicted molar refractivity (Wildman–Crippen MR) is 89.6 cm³/mol. The molecule has 1 atom stereocenters. The maximum absolute atomic E-state index is 4.53. The van der Waals surface area contributed by atoms with Crippen molar-refractivity contribution in [2.24, 2.45) is 5.92 Å². The predicted octanol–water partition coefficient (Wildman–Crippen LogP) is 3.67. The molecule has 1 aromatic heterocycles. The van der Waals surface area contributed by atoms with Crippen LogP contribution >= 0.6 is 11.3 Å². The zero-order chi connectivity index (χ0) is 14.7. The molecule has 1 spiro atoms. The molecule has 3 nitrogen and oxygen atoms in total. The lowest BCUT2D eigenvalue weighted by Crippen LogP contribution is -2.64. The number of aromatic nitrogens is 1. The fraction of sp³-hybridized carbons (Fsp3) is 0.824. The maximum Gasteiger partial charge on any atom is 0.107 e. The Hall–Kier alpha value is -0.450. The van der Waals surface area contributed by atoms with Crippen molar-refractivity contribution in [3.63, 3.8) is 0 Å². The number of hydrogen-bond acceptors (Lipinski definition) is 4. The van der Waals surface area contributed by atoms with Crippen LogP contribution in [0.1, 0.15) is 57.4 Å². The van der Waals surface area contributed by atoms with Crippen molar-refractivity contribution < 1.29 is 0 Å². The Morgan fingerprint density at radius 3 is 2.86 bits per heavy atom. The van der Waals surface area contributed by atoms with E-state index in [1.807, 2.05) is 6.20 Å². The minimum Gasteiger partial charge on any atom is -0.311 e. The van der Waals surface area contributed by atoms with Crippen molar-refractivity contribution in [2.75, 3.05) is 13.1 Å². The summed E-state index contributed by atoms with van der Waals surface area (Å²) < 4.78 is 0. The van der Waals surface area contributed by atoms with Gasteiger partial charge in [-0.15, -0.1) is 11.3 Å². The molecule has 1 aromatic rings. The van der Waals surface area contributed by atoms with Crippen molar-refractivity contribution in [3.05, 3.63) is 16.6 Å². The monoisotopic (exact) mass is 307 g/mol. The normalized spacial score (nSPS) is 26.5. The largest absolute Gasteiger partial charge is 0.311 e. The van der Waals surface area contributed by atoms with Crippen LogP contribution in [0.15, 0.2) is 11.6 Å². The average Bonchev–Trinajstić information content (AvgIpc) is 2.96. The van der Waals surface area contributed by atoms with Crippen LogP contribution in [0.5, 0.6) is 0 Å². The lowest BCUT2D eigenvalue weighted by molar-refractivity contribution is 0.0000948. The molecule has 1 unspecified atom stereocenters. The molecule has 2 fully saturated rings. The summed E-state index contributed by atoms with van der Waals surface area (Å²) >= 11 is 1.81. The number of nitrogens with one attached hydrogen (secondary N) is 1. The minimum absolute atomic E-state index is 0.400. The molecule has 4 heteroatoms. The van der Waals surface area contributed by atoms with Gasteiger partial charge in [0.15, 0.2) is 0 Å². The number of nitrogens with zero attached hydrogens (tertiary/aromatic N) is 2. The van der Waals surface area contributed by atoms with Crippen molar-refractivity contribution in [3.8, 4) is 0 Å². The van der Waals surface area contributed by atoms with Gasteiger partial charge in [0.05, 0.1) is 6.54 Å². The summed E-state index contributed by atoms with van der Waals surface area (Å²) in [5, 5.41) is 7.25. The SMILES string of the molecule is CC(C)CC1CN(Cc2nccs2)C2(CCCCC2)CN1. The van der Waals surface area contributed by atoms with Crippen LogP contribution in [0.4, 0.5) is 0 Å². The molecule has 1 saturated heterocycles. The van der Waals surface area contributed by atoms with E-state index in [1.165, 1.54) is 56.6 Å². The molecule has 2 aliphatic rings. The van der Waals surface area contributed by atoms with Gasteiger partial charge in [0.2, 0.25) is 0 Å². The zero-order valence-electron chi connectivity index (χ0n) is 13.5. The highest BCUT2D eigenvalue weighted by molar-refractivity contribution is 7.09. The Morgan fingerprint density at radius 1 is 1.38 bits per heavy atom. The molecule has 0 aromatic carbocycles. The summed E-state index contributed by atoms with van der Waals surface area (Å²) in [6, 6.07) is 0.650.